The maximum absolute atomic E-state index is 11.8. The highest BCUT2D eigenvalue weighted by molar-refractivity contribution is 5.59. The van der Waals surface area contributed by atoms with Crippen LogP contribution in [-0.4, -0.2) is 31.0 Å². The first kappa shape index (κ1) is 22.9. The number of ether oxygens (including phenoxy) is 1. The van der Waals surface area contributed by atoms with E-state index in [1.54, 1.807) is 0 Å². The summed E-state index contributed by atoms with van der Waals surface area (Å²) >= 11 is 0. The van der Waals surface area contributed by atoms with Crippen LogP contribution in [0.2, 0.25) is 0 Å². The summed E-state index contributed by atoms with van der Waals surface area (Å²) in [6.45, 7) is 4.12. The van der Waals surface area contributed by atoms with E-state index in [4.69, 9.17) is 9.15 Å². The fraction of sp³-hybridized carbons (Fsp3) is 0.267. The molecule has 0 spiro atoms. The number of aromatic nitrogens is 1. The van der Waals surface area contributed by atoms with Gasteiger partial charge in [0.2, 0.25) is 5.89 Å². The second-order valence-corrected chi connectivity index (χ2v) is 9.14. The molecule has 2 atom stereocenters. The summed E-state index contributed by atoms with van der Waals surface area (Å²) in [7, 11) is 0. The van der Waals surface area contributed by atoms with Crippen molar-refractivity contribution in [2.45, 2.75) is 19.8 Å². The lowest BCUT2D eigenvalue weighted by molar-refractivity contribution is -0.111. The average Bonchev–Trinajstić information content (AvgIpc) is 3.48. The summed E-state index contributed by atoms with van der Waals surface area (Å²) in [5, 5.41) is 0. The van der Waals surface area contributed by atoms with Crippen LogP contribution in [0.4, 0.5) is 5.69 Å². The summed E-state index contributed by atoms with van der Waals surface area (Å²) in [4.78, 5) is 18.8. The molecule has 1 aliphatic rings. The van der Waals surface area contributed by atoms with E-state index < -0.39 is 0 Å². The largest absolute Gasteiger partial charge is 0.493 e. The van der Waals surface area contributed by atoms with Crippen LogP contribution in [0.5, 0.6) is 5.75 Å². The van der Waals surface area contributed by atoms with E-state index >= 15 is 0 Å². The minimum absolute atomic E-state index is 0.0359. The van der Waals surface area contributed by atoms with Gasteiger partial charge in [-0.1, -0.05) is 48.5 Å². The van der Waals surface area contributed by atoms with Crippen LogP contribution < -0.4 is 9.64 Å². The lowest BCUT2D eigenvalue weighted by Crippen LogP contribution is -2.20. The molecule has 0 radical (unpaired) electrons. The normalized spacial score (nSPS) is 17.5. The van der Waals surface area contributed by atoms with Crippen molar-refractivity contribution in [2.24, 2.45) is 11.8 Å². The summed E-state index contributed by atoms with van der Waals surface area (Å²) < 4.78 is 11.9. The maximum atomic E-state index is 11.8. The number of nitrogens with zero attached hydrogens (tertiary/aromatic N) is 2. The van der Waals surface area contributed by atoms with E-state index in [0.717, 1.165) is 48.6 Å². The fourth-order valence-electron chi connectivity index (χ4n) is 4.81. The zero-order valence-electron chi connectivity index (χ0n) is 20.0. The molecule has 1 saturated heterocycles. The second-order valence-electron chi connectivity index (χ2n) is 9.14. The van der Waals surface area contributed by atoms with Crippen molar-refractivity contribution in [1.82, 2.24) is 4.98 Å². The summed E-state index contributed by atoms with van der Waals surface area (Å²) in [5.74, 6) is 2.63. The first-order valence-electron chi connectivity index (χ1n) is 12.2. The molecule has 0 bridgehead atoms. The van der Waals surface area contributed by atoms with Crippen LogP contribution in [-0.2, 0) is 17.6 Å². The number of carbonyl (C=O) groups excluding carboxylic acids is 1. The van der Waals surface area contributed by atoms with Crippen LogP contribution in [0.3, 0.4) is 0 Å². The molecular weight excluding hydrogens is 436 g/mol. The number of hydrogen-bond donors (Lipinski definition) is 0. The molecule has 0 N–H and O–H groups in total. The Morgan fingerprint density at radius 2 is 1.77 bits per heavy atom. The van der Waals surface area contributed by atoms with Gasteiger partial charge in [-0.25, -0.2) is 4.98 Å². The molecule has 1 aromatic heterocycles. The quantitative estimate of drug-likeness (QED) is 0.293. The standard InChI is InChI=1S/C30H30N2O3/c1-22-29(31-30(35-22)24-10-4-2-5-11-24)15-16-34-28-14-8-9-23(18-28)17-25-19-32(20-26(25)21-33)27-12-6-3-7-13-27/h2-14,18,21,25-26H,15-17,19-20H2,1H3/t25-,26-/m1/s1. The Balaban J connectivity index is 1.18. The Morgan fingerprint density at radius 3 is 2.54 bits per heavy atom. The van der Waals surface area contributed by atoms with E-state index in [9.17, 15) is 4.79 Å². The first-order valence-corrected chi connectivity index (χ1v) is 12.2. The van der Waals surface area contributed by atoms with Crippen molar-refractivity contribution < 1.29 is 13.9 Å². The summed E-state index contributed by atoms with van der Waals surface area (Å²) in [5.41, 5.74) is 4.26. The SMILES string of the molecule is Cc1oc(-c2ccccc2)nc1CCOc1cccc(C[C@@H]2CN(c3ccccc3)C[C@@H]2C=O)c1. The van der Waals surface area contributed by atoms with E-state index in [0.29, 0.717) is 18.9 Å². The Kier molecular flexibility index (Phi) is 6.94. The maximum Gasteiger partial charge on any atom is 0.226 e. The van der Waals surface area contributed by atoms with E-state index in [1.807, 2.05) is 67.6 Å². The predicted octanol–water partition coefficient (Wildman–Crippen LogP) is 5.77. The van der Waals surface area contributed by atoms with Crippen molar-refractivity contribution in [1.29, 1.82) is 0 Å². The van der Waals surface area contributed by atoms with Crippen LogP contribution in [0, 0.1) is 18.8 Å². The molecule has 5 rings (SSSR count). The molecule has 0 aliphatic carbocycles. The van der Waals surface area contributed by atoms with Gasteiger partial charge in [0.05, 0.1) is 12.3 Å². The van der Waals surface area contributed by atoms with Crippen LogP contribution in [0.25, 0.3) is 11.5 Å². The lowest BCUT2D eigenvalue weighted by Gasteiger charge is -2.18. The molecule has 2 heterocycles. The topological polar surface area (TPSA) is 55.6 Å². The number of rotatable bonds is 9. The van der Waals surface area contributed by atoms with E-state index in [1.165, 1.54) is 11.3 Å². The van der Waals surface area contributed by atoms with Gasteiger partial charge in [-0.2, -0.15) is 0 Å². The molecule has 5 nitrogen and oxygen atoms in total. The molecule has 1 aliphatic heterocycles. The summed E-state index contributed by atoms with van der Waals surface area (Å²) in [6, 6.07) is 28.5. The third kappa shape index (κ3) is 5.46. The van der Waals surface area contributed by atoms with Gasteiger partial charge in [-0.05, 0) is 61.2 Å². The van der Waals surface area contributed by atoms with Gasteiger partial charge in [0.15, 0.2) is 0 Å². The number of anilines is 1. The number of aldehydes is 1. The van der Waals surface area contributed by atoms with Gasteiger partial charge in [0.1, 0.15) is 17.8 Å². The number of oxazole rings is 1. The lowest BCUT2D eigenvalue weighted by atomic mass is 9.91. The molecular formula is C30H30N2O3. The van der Waals surface area contributed by atoms with Gasteiger partial charge in [-0.3, -0.25) is 0 Å². The zero-order valence-corrected chi connectivity index (χ0v) is 20.0. The second kappa shape index (κ2) is 10.6. The molecule has 178 valence electrons. The highest BCUT2D eigenvalue weighted by Crippen LogP contribution is 2.30. The average molecular weight is 467 g/mol. The molecule has 0 saturated carbocycles. The van der Waals surface area contributed by atoms with Crippen molar-refractivity contribution in [3.05, 3.63) is 102 Å². The predicted molar refractivity (Wildman–Crippen MR) is 138 cm³/mol. The number of benzene rings is 3. The number of para-hydroxylation sites is 1. The molecule has 5 heteroatoms. The third-order valence-corrected chi connectivity index (χ3v) is 6.71. The number of hydrogen-bond acceptors (Lipinski definition) is 5. The van der Waals surface area contributed by atoms with Crippen molar-refractivity contribution in [3.8, 4) is 17.2 Å². The van der Waals surface area contributed by atoms with Crippen LogP contribution >= 0.6 is 0 Å². The molecule has 0 unspecified atom stereocenters. The summed E-state index contributed by atoms with van der Waals surface area (Å²) in [6.07, 6.45) is 2.65. The Hall–Kier alpha value is -3.86. The Bertz CT molecular complexity index is 1250. The third-order valence-electron chi connectivity index (χ3n) is 6.71. The van der Waals surface area contributed by atoms with Crippen LogP contribution in [0.1, 0.15) is 17.0 Å². The van der Waals surface area contributed by atoms with Gasteiger partial charge >= 0.3 is 0 Å². The van der Waals surface area contributed by atoms with Crippen molar-refractivity contribution in [3.63, 3.8) is 0 Å². The highest BCUT2D eigenvalue weighted by Gasteiger charge is 2.32. The number of carbonyl (C=O) groups is 1. The first-order chi connectivity index (χ1) is 17.2. The molecule has 1 fully saturated rings. The van der Waals surface area contributed by atoms with Gasteiger partial charge in [0.25, 0.3) is 0 Å². The van der Waals surface area contributed by atoms with E-state index in [-0.39, 0.29) is 11.8 Å². The fourth-order valence-corrected chi connectivity index (χ4v) is 4.81. The monoisotopic (exact) mass is 466 g/mol. The molecule has 4 aromatic rings. The minimum atomic E-state index is 0.0359. The van der Waals surface area contributed by atoms with Gasteiger partial charge in [-0.15, -0.1) is 0 Å². The van der Waals surface area contributed by atoms with Crippen molar-refractivity contribution in [2.75, 3.05) is 24.6 Å². The molecule has 0 amide bonds. The molecule has 35 heavy (non-hydrogen) atoms. The minimum Gasteiger partial charge on any atom is -0.493 e. The highest BCUT2D eigenvalue weighted by atomic mass is 16.5. The molecule has 3 aromatic carbocycles. The van der Waals surface area contributed by atoms with Crippen LogP contribution in [0.15, 0.2) is 89.3 Å². The Morgan fingerprint density at radius 1 is 1.00 bits per heavy atom. The van der Waals surface area contributed by atoms with Gasteiger partial charge in [0, 0.05) is 36.7 Å². The van der Waals surface area contributed by atoms with Crippen molar-refractivity contribution >= 4 is 12.0 Å². The zero-order chi connectivity index (χ0) is 24.0. The van der Waals surface area contributed by atoms with E-state index in [2.05, 4.69) is 34.1 Å². The Labute approximate surface area is 206 Å². The van der Waals surface area contributed by atoms with Gasteiger partial charge < -0.3 is 18.8 Å². The smallest absolute Gasteiger partial charge is 0.226 e. The number of aryl methyl sites for hydroxylation is 1.